The van der Waals surface area contributed by atoms with Crippen molar-refractivity contribution < 1.29 is 14.5 Å². The number of imide groups is 1. The summed E-state index contributed by atoms with van der Waals surface area (Å²) in [5.74, 6) is -1.45. The number of hydrogen-bond acceptors (Lipinski definition) is 4. The van der Waals surface area contributed by atoms with Crippen LogP contribution >= 0.6 is 11.6 Å². The lowest BCUT2D eigenvalue weighted by Crippen LogP contribution is -2.29. The maximum atomic E-state index is 12.5. The lowest BCUT2D eigenvalue weighted by molar-refractivity contribution is -0.385. The molecule has 0 bridgehead atoms. The van der Waals surface area contributed by atoms with E-state index < -0.39 is 22.4 Å². The summed E-state index contributed by atoms with van der Waals surface area (Å²) in [5.41, 5.74) is 0.0334. The Labute approximate surface area is 141 Å². The van der Waals surface area contributed by atoms with Gasteiger partial charge in [0.1, 0.15) is 5.56 Å². The third-order valence-corrected chi connectivity index (χ3v) is 3.94. The fourth-order valence-corrected chi connectivity index (χ4v) is 2.79. The molecule has 1 aliphatic rings. The van der Waals surface area contributed by atoms with Crippen LogP contribution in [0.3, 0.4) is 0 Å². The number of nitro benzene ring substituents is 1. The van der Waals surface area contributed by atoms with Crippen LogP contribution in [0.5, 0.6) is 0 Å². The molecule has 3 rings (SSSR count). The second kappa shape index (κ2) is 5.76. The summed E-state index contributed by atoms with van der Waals surface area (Å²) in [4.78, 5) is 39.6. The van der Waals surface area contributed by atoms with Crippen molar-refractivity contribution in [1.82, 2.24) is 4.90 Å². The van der Waals surface area contributed by atoms with E-state index in [1.165, 1.54) is 6.07 Å². The van der Waals surface area contributed by atoms with E-state index in [2.05, 4.69) is 4.85 Å². The smallest absolute Gasteiger partial charge is 0.270 e. The first kappa shape index (κ1) is 15.6. The van der Waals surface area contributed by atoms with Crippen molar-refractivity contribution in [2.75, 3.05) is 0 Å². The van der Waals surface area contributed by atoms with Gasteiger partial charge in [-0.1, -0.05) is 35.9 Å². The molecule has 0 saturated heterocycles. The van der Waals surface area contributed by atoms with E-state index in [0.717, 1.165) is 11.0 Å². The molecule has 1 aliphatic heterocycles. The average Bonchev–Trinajstić information content (AvgIpc) is 2.81. The van der Waals surface area contributed by atoms with Gasteiger partial charge in [0.05, 0.1) is 28.6 Å². The molecule has 2 aromatic rings. The molecule has 0 atom stereocenters. The quantitative estimate of drug-likeness (QED) is 0.369. The van der Waals surface area contributed by atoms with E-state index in [1.807, 2.05) is 0 Å². The standard InChI is InChI=1S/C16H8ClN3O4/c1-18-10-4-2-3-9(7-10)8-19-15(21)13-11(17)5-6-12(20(23)24)14(13)16(19)22/h2-7H,8H2. The molecule has 2 aromatic carbocycles. The summed E-state index contributed by atoms with van der Waals surface area (Å²) in [6.07, 6.45) is 0. The fourth-order valence-electron chi connectivity index (χ4n) is 2.56. The molecular formula is C16H8ClN3O4. The van der Waals surface area contributed by atoms with Gasteiger partial charge in [0.15, 0.2) is 5.69 Å². The molecule has 0 fully saturated rings. The lowest BCUT2D eigenvalue weighted by atomic mass is 10.1. The Morgan fingerprint density at radius 2 is 1.88 bits per heavy atom. The molecule has 24 heavy (non-hydrogen) atoms. The van der Waals surface area contributed by atoms with Crippen molar-refractivity contribution in [2.45, 2.75) is 6.54 Å². The highest BCUT2D eigenvalue weighted by atomic mass is 35.5. The molecule has 8 heteroatoms. The summed E-state index contributed by atoms with van der Waals surface area (Å²) < 4.78 is 0. The average molecular weight is 342 g/mol. The molecule has 0 aliphatic carbocycles. The largest absolute Gasteiger partial charge is 0.283 e. The van der Waals surface area contributed by atoms with Gasteiger partial charge >= 0.3 is 0 Å². The van der Waals surface area contributed by atoms with Gasteiger partial charge in [-0.05, 0) is 11.6 Å². The highest BCUT2D eigenvalue weighted by molar-refractivity contribution is 6.37. The van der Waals surface area contributed by atoms with E-state index in [9.17, 15) is 19.7 Å². The van der Waals surface area contributed by atoms with Crippen LogP contribution in [0.2, 0.25) is 5.02 Å². The summed E-state index contributed by atoms with van der Waals surface area (Å²) in [5, 5.41) is 11.1. The van der Waals surface area contributed by atoms with Crippen LogP contribution in [0, 0.1) is 16.7 Å². The Hall–Kier alpha value is -3.24. The van der Waals surface area contributed by atoms with E-state index >= 15 is 0 Å². The Kier molecular flexibility index (Phi) is 3.75. The summed E-state index contributed by atoms with van der Waals surface area (Å²) in [6.45, 7) is 6.90. The molecule has 0 aromatic heterocycles. The van der Waals surface area contributed by atoms with Crippen LogP contribution in [0.1, 0.15) is 26.3 Å². The third-order valence-electron chi connectivity index (χ3n) is 3.63. The number of carbonyl (C=O) groups is 2. The lowest BCUT2D eigenvalue weighted by Gasteiger charge is -2.14. The molecule has 0 N–H and O–H groups in total. The number of halogens is 1. The Bertz CT molecular complexity index is 949. The van der Waals surface area contributed by atoms with Crippen LogP contribution in [-0.4, -0.2) is 21.6 Å². The normalized spacial score (nSPS) is 12.9. The van der Waals surface area contributed by atoms with Gasteiger partial charge in [0.25, 0.3) is 17.5 Å². The zero-order chi connectivity index (χ0) is 17.4. The van der Waals surface area contributed by atoms with Gasteiger partial charge in [0.2, 0.25) is 0 Å². The van der Waals surface area contributed by atoms with Crippen LogP contribution in [-0.2, 0) is 6.54 Å². The molecule has 118 valence electrons. The molecule has 0 unspecified atom stereocenters. The van der Waals surface area contributed by atoms with E-state index in [1.54, 1.807) is 24.3 Å². The number of fused-ring (bicyclic) bond motifs is 1. The number of amides is 2. The van der Waals surface area contributed by atoms with Crippen molar-refractivity contribution in [3.63, 3.8) is 0 Å². The first-order valence-corrected chi connectivity index (χ1v) is 7.11. The number of hydrogen-bond donors (Lipinski definition) is 0. The zero-order valence-electron chi connectivity index (χ0n) is 12.0. The zero-order valence-corrected chi connectivity index (χ0v) is 12.8. The van der Waals surface area contributed by atoms with Crippen LogP contribution < -0.4 is 0 Å². The number of nitrogens with zero attached hydrogens (tertiary/aromatic N) is 3. The maximum absolute atomic E-state index is 12.5. The highest BCUT2D eigenvalue weighted by Crippen LogP contribution is 2.36. The SMILES string of the molecule is [C-]#[N+]c1cccc(CN2C(=O)c3c(Cl)ccc([N+](=O)[O-])c3C2=O)c1. The second-order valence-corrected chi connectivity index (χ2v) is 5.46. The first-order valence-electron chi connectivity index (χ1n) is 6.73. The topological polar surface area (TPSA) is 84.9 Å². The predicted molar refractivity (Wildman–Crippen MR) is 85.0 cm³/mol. The van der Waals surface area contributed by atoms with Crippen molar-refractivity contribution >= 4 is 34.8 Å². The molecular weight excluding hydrogens is 334 g/mol. The molecule has 1 heterocycles. The Morgan fingerprint density at radius 3 is 2.54 bits per heavy atom. The monoisotopic (exact) mass is 341 g/mol. The summed E-state index contributed by atoms with van der Waals surface area (Å²) >= 11 is 5.96. The third kappa shape index (κ3) is 2.39. The van der Waals surface area contributed by atoms with Crippen LogP contribution in [0.4, 0.5) is 11.4 Å². The molecule has 2 amide bonds. The van der Waals surface area contributed by atoms with Gasteiger partial charge in [0, 0.05) is 6.07 Å². The molecule has 0 radical (unpaired) electrons. The van der Waals surface area contributed by atoms with Gasteiger partial charge in [-0.25, -0.2) is 4.85 Å². The van der Waals surface area contributed by atoms with E-state index in [0.29, 0.717) is 11.3 Å². The summed E-state index contributed by atoms with van der Waals surface area (Å²) in [6, 6.07) is 8.78. The van der Waals surface area contributed by atoms with E-state index in [-0.39, 0.29) is 22.7 Å². The van der Waals surface area contributed by atoms with Crippen molar-refractivity contribution in [2.24, 2.45) is 0 Å². The first-order chi connectivity index (χ1) is 11.4. The van der Waals surface area contributed by atoms with Gasteiger partial charge in [-0.2, -0.15) is 0 Å². The van der Waals surface area contributed by atoms with Gasteiger partial charge in [-0.15, -0.1) is 0 Å². The summed E-state index contributed by atoms with van der Waals surface area (Å²) in [7, 11) is 0. The minimum atomic E-state index is -0.766. The van der Waals surface area contributed by atoms with Crippen LogP contribution in [0.15, 0.2) is 36.4 Å². The minimum absolute atomic E-state index is 0.00800. The fraction of sp³-hybridized carbons (Fsp3) is 0.0625. The predicted octanol–water partition coefficient (Wildman–Crippen LogP) is 3.60. The van der Waals surface area contributed by atoms with Crippen molar-refractivity contribution in [3.05, 3.63) is 79.6 Å². The Balaban J connectivity index is 2.04. The number of benzene rings is 2. The number of carbonyl (C=O) groups excluding carboxylic acids is 2. The van der Waals surface area contributed by atoms with Gasteiger partial charge in [-0.3, -0.25) is 24.6 Å². The highest BCUT2D eigenvalue weighted by Gasteiger charge is 2.42. The number of rotatable bonds is 3. The Morgan fingerprint density at radius 1 is 1.17 bits per heavy atom. The van der Waals surface area contributed by atoms with Crippen molar-refractivity contribution in [1.29, 1.82) is 0 Å². The molecule has 7 nitrogen and oxygen atoms in total. The molecule has 0 spiro atoms. The maximum Gasteiger partial charge on any atom is 0.283 e. The minimum Gasteiger partial charge on any atom is -0.270 e. The van der Waals surface area contributed by atoms with E-state index in [4.69, 9.17) is 18.2 Å². The van der Waals surface area contributed by atoms with Crippen LogP contribution in [0.25, 0.3) is 4.85 Å². The number of nitro groups is 1. The van der Waals surface area contributed by atoms with Gasteiger partial charge < -0.3 is 0 Å². The van der Waals surface area contributed by atoms with Crippen molar-refractivity contribution in [3.8, 4) is 0 Å². The molecule has 0 saturated carbocycles. The second-order valence-electron chi connectivity index (χ2n) is 5.05.